The summed E-state index contributed by atoms with van der Waals surface area (Å²) in [6.45, 7) is 0.348. The van der Waals surface area contributed by atoms with E-state index in [1.54, 1.807) is 12.1 Å². The Bertz CT molecular complexity index is 501. The van der Waals surface area contributed by atoms with E-state index in [2.05, 4.69) is 10.6 Å². The first kappa shape index (κ1) is 13.2. The summed E-state index contributed by atoms with van der Waals surface area (Å²) in [5.74, 6) is -0.319. The van der Waals surface area contributed by atoms with Crippen LogP contribution in [0.2, 0.25) is 0 Å². The number of methoxy groups -OCH3 is 1. The molecule has 1 saturated heterocycles. The van der Waals surface area contributed by atoms with Crippen molar-refractivity contribution in [2.75, 3.05) is 13.7 Å². The lowest BCUT2D eigenvalue weighted by molar-refractivity contribution is -0.119. The molecule has 2 amide bonds. The van der Waals surface area contributed by atoms with Crippen LogP contribution in [0.25, 0.3) is 0 Å². The number of para-hydroxylation sites is 1. The average Bonchev–Trinajstić information content (AvgIpc) is 2.82. The lowest BCUT2D eigenvalue weighted by Crippen LogP contribution is -2.38. The van der Waals surface area contributed by atoms with E-state index in [-0.39, 0.29) is 29.0 Å². The largest absolute Gasteiger partial charge is 0.504 e. The second-order valence-electron chi connectivity index (χ2n) is 4.37. The molecule has 1 aliphatic heterocycles. The number of hydrogen-bond acceptors (Lipinski definition) is 4. The Labute approximate surface area is 110 Å². The summed E-state index contributed by atoms with van der Waals surface area (Å²) in [5, 5.41) is 15.3. The first-order valence-electron chi connectivity index (χ1n) is 6.05. The summed E-state index contributed by atoms with van der Waals surface area (Å²) in [6, 6.07) is 4.68. The van der Waals surface area contributed by atoms with Gasteiger partial charge in [0.25, 0.3) is 5.91 Å². The molecular weight excluding hydrogens is 248 g/mol. The third-order valence-corrected chi connectivity index (χ3v) is 3.06. The Morgan fingerprint density at radius 3 is 3.00 bits per heavy atom. The van der Waals surface area contributed by atoms with Gasteiger partial charge in [-0.25, -0.2) is 0 Å². The van der Waals surface area contributed by atoms with Crippen LogP contribution in [0.4, 0.5) is 0 Å². The number of ether oxygens (including phenoxy) is 1. The van der Waals surface area contributed by atoms with Crippen LogP contribution in [0.15, 0.2) is 18.2 Å². The van der Waals surface area contributed by atoms with Crippen molar-refractivity contribution in [3.63, 3.8) is 0 Å². The minimum absolute atomic E-state index is 0.00322. The predicted molar refractivity (Wildman–Crippen MR) is 68.2 cm³/mol. The number of rotatable bonds is 4. The highest BCUT2D eigenvalue weighted by Crippen LogP contribution is 2.29. The highest BCUT2D eigenvalue weighted by molar-refractivity contribution is 5.97. The van der Waals surface area contributed by atoms with Gasteiger partial charge in [0.05, 0.1) is 12.7 Å². The smallest absolute Gasteiger partial charge is 0.255 e. The van der Waals surface area contributed by atoms with E-state index < -0.39 is 5.91 Å². The number of aromatic hydroxyl groups is 1. The van der Waals surface area contributed by atoms with Crippen molar-refractivity contribution in [2.45, 2.75) is 18.9 Å². The van der Waals surface area contributed by atoms with Crippen LogP contribution < -0.4 is 15.4 Å². The molecule has 1 aromatic rings. The molecule has 1 aliphatic rings. The van der Waals surface area contributed by atoms with Crippen molar-refractivity contribution in [2.24, 2.45) is 0 Å². The molecule has 6 heteroatoms. The van der Waals surface area contributed by atoms with Crippen LogP contribution in [0.1, 0.15) is 23.2 Å². The molecule has 1 atom stereocenters. The van der Waals surface area contributed by atoms with Gasteiger partial charge in [0.15, 0.2) is 11.5 Å². The molecule has 0 spiro atoms. The Morgan fingerprint density at radius 1 is 1.58 bits per heavy atom. The van der Waals surface area contributed by atoms with Crippen LogP contribution >= 0.6 is 0 Å². The number of hydrogen-bond donors (Lipinski definition) is 3. The van der Waals surface area contributed by atoms with Crippen molar-refractivity contribution < 1.29 is 19.4 Å². The first-order chi connectivity index (χ1) is 9.11. The molecule has 19 heavy (non-hydrogen) atoms. The van der Waals surface area contributed by atoms with E-state index in [9.17, 15) is 14.7 Å². The number of carbonyl (C=O) groups excluding carboxylic acids is 2. The summed E-state index contributed by atoms with van der Waals surface area (Å²) in [5.41, 5.74) is 0.156. The second kappa shape index (κ2) is 5.60. The van der Waals surface area contributed by atoms with Gasteiger partial charge in [-0.2, -0.15) is 0 Å². The van der Waals surface area contributed by atoms with Crippen molar-refractivity contribution in [1.29, 1.82) is 0 Å². The van der Waals surface area contributed by atoms with Gasteiger partial charge < -0.3 is 20.5 Å². The van der Waals surface area contributed by atoms with Gasteiger partial charge in [-0.3, -0.25) is 9.59 Å². The molecular formula is C13H16N2O4. The van der Waals surface area contributed by atoms with Crippen molar-refractivity contribution in [3.8, 4) is 11.5 Å². The summed E-state index contributed by atoms with van der Waals surface area (Å²) in [6.07, 6.45) is 1.20. The molecule has 1 unspecified atom stereocenters. The zero-order chi connectivity index (χ0) is 13.8. The zero-order valence-electron chi connectivity index (χ0n) is 10.6. The third kappa shape index (κ3) is 2.96. The monoisotopic (exact) mass is 264 g/mol. The summed E-state index contributed by atoms with van der Waals surface area (Å²) in [7, 11) is 1.42. The Kier molecular flexibility index (Phi) is 3.89. The summed E-state index contributed by atoms with van der Waals surface area (Å²) in [4.78, 5) is 23.0. The minimum Gasteiger partial charge on any atom is -0.504 e. The molecule has 102 valence electrons. The normalized spacial score (nSPS) is 17.9. The molecule has 0 aromatic heterocycles. The van der Waals surface area contributed by atoms with Crippen LogP contribution in [0.5, 0.6) is 11.5 Å². The standard InChI is InChI=1S/C13H16N2O4/c1-19-10-4-2-3-9(12(10)17)13(18)14-7-8-5-6-11(16)15-8/h2-4,8,17H,5-7H2,1H3,(H,14,18)(H,15,16). The molecule has 1 aromatic carbocycles. The Balaban J connectivity index is 1.98. The molecule has 0 saturated carbocycles. The molecule has 0 radical (unpaired) electrons. The van der Waals surface area contributed by atoms with Gasteiger partial charge in [0, 0.05) is 19.0 Å². The maximum absolute atomic E-state index is 11.9. The SMILES string of the molecule is COc1cccc(C(=O)NCC2CCC(=O)N2)c1O. The topological polar surface area (TPSA) is 87.7 Å². The number of benzene rings is 1. The number of phenols is 1. The third-order valence-electron chi connectivity index (χ3n) is 3.06. The van der Waals surface area contributed by atoms with Crippen molar-refractivity contribution in [3.05, 3.63) is 23.8 Å². The predicted octanol–water partition coefficient (Wildman–Crippen LogP) is 0.409. The summed E-state index contributed by atoms with van der Waals surface area (Å²) < 4.78 is 4.94. The Hall–Kier alpha value is -2.24. The maximum atomic E-state index is 11.9. The lowest BCUT2D eigenvalue weighted by Gasteiger charge is -2.12. The lowest BCUT2D eigenvalue weighted by atomic mass is 10.1. The van der Waals surface area contributed by atoms with E-state index >= 15 is 0 Å². The average molecular weight is 264 g/mol. The fraction of sp³-hybridized carbons (Fsp3) is 0.385. The molecule has 3 N–H and O–H groups in total. The molecule has 0 aliphatic carbocycles. The fourth-order valence-corrected chi connectivity index (χ4v) is 2.01. The maximum Gasteiger partial charge on any atom is 0.255 e. The highest BCUT2D eigenvalue weighted by Gasteiger charge is 2.22. The molecule has 1 fully saturated rings. The van der Waals surface area contributed by atoms with E-state index in [1.807, 2.05) is 0 Å². The van der Waals surface area contributed by atoms with Crippen LogP contribution in [-0.4, -0.2) is 36.6 Å². The van der Waals surface area contributed by atoms with Gasteiger partial charge in [-0.15, -0.1) is 0 Å². The van der Waals surface area contributed by atoms with Crippen molar-refractivity contribution >= 4 is 11.8 Å². The summed E-state index contributed by atoms with van der Waals surface area (Å²) >= 11 is 0. The van der Waals surface area contributed by atoms with Gasteiger partial charge in [0.2, 0.25) is 5.91 Å². The molecule has 6 nitrogen and oxygen atoms in total. The van der Waals surface area contributed by atoms with Crippen LogP contribution in [-0.2, 0) is 4.79 Å². The van der Waals surface area contributed by atoms with E-state index in [0.717, 1.165) is 0 Å². The van der Waals surface area contributed by atoms with Crippen LogP contribution in [0, 0.1) is 0 Å². The molecule has 0 bridgehead atoms. The number of carbonyl (C=O) groups is 2. The minimum atomic E-state index is -0.391. The molecule has 2 rings (SSSR count). The van der Waals surface area contributed by atoms with Gasteiger partial charge in [0.1, 0.15) is 0 Å². The Morgan fingerprint density at radius 2 is 2.37 bits per heavy atom. The van der Waals surface area contributed by atoms with Gasteiger partial charge >= 0.3 is 0 Å². The number of phenolic OH excluding ortho intramolecular Hbond substituents is 1. The van der Waals surface area contributed by atoms with E-state index in [1.165, 1.54) is 13.2 Å². The first-order valence-corrected chi connectivity index (χ1v) is 6.05. The van der Waals surface area contributed by atoms with Crippen LogP contribution in [0.3, 0.4) is 0 Å². The van der Waals surface area contributed by atoms with E-state index in [0.29, 0.717) is 19.4 Å². The quantitative estimate of drug-likeness (QED) is 0.735. The highest BCUT2D eigenvalue weighted by atomic mass is 16.5. The second-order valence-corrected chi connectivity index (χ2v) is 4.37. The van der Waals surface area contributed by atoms with Crippen molar-refractivity contribution in [1.82, 2.24) is 10.6 Å². The molecule has 1 heterocycles. The zero-order valence-corrected chi connectivity index (χ0v) is 10.6. The van der Waals surface area contributed by atoms with E-state index in [4.69, 9.17) is 4.74 Å². The number of nitrogens with one attached hydrogen (secondary N) is 2. The van der Waals surface area contributed by atoms with Gasteiger partial charge in [-0.05, 0) is 18.6 Å². The fourth-order valence-electron chi connectivity index (χ4n) is 2.01. The number of amides is 2. The van der Waals surface area contributed by atoms with Gasteiger partial charge in [-0.1, -0.05) is 6.07 Å².